The van der Waals surface area contributed by atoms with Crippen LogP contribution >= 0.6 is 0 Å². The number of esters is 1. The molecule has 19 heavy (non-hydrogen) atoms. The summed E-state index contributed by atoms with van der Waals surface area (Å²) in [6, 6.07) is 0. The van der Waals surface area contributed by atoms with Gasteiger partial charge >= 0.3 is 5.97 Å². The molecule has 1 heterocycles. The molecule has 1 saturated carbocycles. The Labute approximate surface area is 112 Å². The normalized spacial score (nSPS) is 45.4. The topological polar surface area (TPSA) is 66.8 Å². The van der Waals surface area contributed by atoms with Gasteiger partial charge in [0.25, 0.3) is 0 Å². The largest absolute Gasteiger partial charge is 0.458 e. The van der Waals surface area contributed by atoms with Gasteiger partial charge in [-0.3, -0.25) is 0 Å². The lowest BCUT2D eigenvalue weighted by molar-refractivity contribution is -0.141. The molecular weight excluding hydrogens is 244 g/mol. The molecular formula is C15H18O4. The van der Waals surface area contributed by atoms with Crippen LogP contribution in [0.1, 0.15) is 13.3 Å². The van der Waals surface area contributed by atoms with Gasteiger partial charge in [-0.05, 0) is 13.3 Å². The van der Waals surface area contributed by atoms with Crippen molar-refractivity contribution in [2.75, 3.05) is 0 Å². The van der Waals surface area contributed by atoms with Crippen molar-refractivity contribution in [2.45, 2.75) is 31.7 Å². The van der Waals surface area contributed by atoms with E-state index in [0.717, 1.165) is 11.1 Å². The van der Waals surface area contributed by atoms with Gasteiger partial charge in [0.15, 0.2) is 0 Å². The Kier molecular flexibility index (Phi) is 2.69. The minimum atomic E-state index is -0.720. The van der Waals surface area contributed by atoms with Crippen LogP contribution in [0.4, 0.5) is 0 Å². The molecule has 0 bridgehead atoms. The number of fused-ring (bicyclic) bond motifs is 3. The van der Waals surface area contributed by atoms with Gasteiger partial charge in [0.1, 0.15) is 6.10 Å². The fourth-order valence-corrected chi connectivity index (χ4v) is 3.83. The van der Waals surface area contributed by atoms with E-state index in [4.69, 9.17) is 4.74 Å². The molecule has 0 aromatic rings. The molecule has 2 N–H and O–H groups in total. The Morgan fingerprint density at radius 3 is 2.63 bits per heavy atom. The Balaban J connectivity index is 2.07. The van der Waals surface area contributed by atoms with Crippen LogP contribution < -0.4 is 0 Å². The minimum absolute atomic E-state index is 0.104. The van der Waals surface area contributed by atoms with Crippen LogP contribution in [-0.4, -0.2) is 34.5 Å². The molecule has 0 aromatic carbocycles. The highest BCUT2D eigenvalue weighted by molar-refractivity contribution is 5.91. The zero-order chi connectivity index (χ0) is 13.9. The third kappa shape index (κ3) is 1.63. The van der Waals surface area contributed by atoms with Crippen LogP contribution in [-0.2, 0) is 9.53 Å². The summed E-state index contributed by atoms with van der Waals surface area (Å²) in [5.41, 5.74) is 2.14. The second-order valence-electron chi connectivity index (χ2n) is 5.80. The van der Waals surface area contributed by atoms with Crippen molar-refractivity contribution < 1.29 is 19.7 Å². The van der Waals surface area contributed by atoms with Crippen molar-refractivity contribution in [1.82, 2.24) is 0 Å². The number of carbonyl (C=O) groups is 1. The smallest absolute Gasteiger partial charge is 0.334 e. The molecule has 1 saturated heterocycles. The van der Waals surface area contributed by atoms with Crippen LogP contribution in [0.5, 0.6) is 0 Å². The monoisotopic (exact) mass is 262 g/mol. The average Bonchev–Trinajstić information content (AvgIpc) is 2.72. The van der Waals surface area contributed by atoms with Crippen molar-refractivity contribution in [3.63, 3.8) is 0 Å². The van der Waals surface area contributed by atoms with E-state index in [0.29, 0.717) is 12.0 Å². The van der Waals surface area contributed by atoms with Crippen molar-refractivity contribution >= 4 is 5.97 Å². The van der Waals surface area contributed by atoms with Crippen molar-refractivity contribution in [3.8, 4) is 0 Å². The molecule has 6 atom stereocenters. The van der Waals surface area contributed by atoms with E-state index in [1.165, 1.54) is 0 Å². The molecule has 0 radical (unpaired) electrons. The maximum absolute atomic E-state index is 11.7. The van der Waals surface area contributed by atoms with Crippen LogP contribution in [0.3, 0.4) is 0 Å². The molecule has 4 nitrogen and oxygen atoms in total. The Bertz CT molecular complexity index is 504. The van der Waals surface area contributed by atoms with Gasteiger partial charge in [-0.15, -0.1) is 0 Å². The first-order valence-corrected chi connectivity index (χ1v) is 6.53. The van der Waals surface area contributed by atoms with E-state index >= 15 is 0 Å². The first-order chi connectivity index (χ1) is 8.91. The zero-order valence-electron chi connectivity index (χ0n) is 10.9. The number of aliphatic hydroxyl groups excluding tert-OH is 2. The number of hydrogen-bond donors (Lipinski definition) is 2. The highest BCUT2D eigenvalue weighted by Gasteiger charge is 2.54. The molecule has 0 unspecified atom stereocenters. The molecule has 4 heteroatoms. The average molecular weight is 262 g/mol. The van der Waals surface area contributed by atoms with Crippen LogP contribution in [0.15, 0.2) is 36.0 Å². The maximum Gasteiger partial charge on any atom is 0.334 e. The van der Waals surface area contributed by atoms with Crippen molar-refractivity contribution in [3.05, 3.63) is 36.0 Å². The van der Waals surface area contributed by atoms with E-state index in [1.807, 2.05) is 6.92 Å². The zero-order valence-corrected chi connectivity index (χ0v) is 10.9. The van der Waals surface area contributed by atoms with Crippen LogP contribution in [0.25, 0.3) is 0 Å². The lowest BCUT2D eigenvalue weighted by Gasteiger charge is -2.28. The van der Waals surface area contributed by atoms with E-state index < -0.39 is 30.2 Å². The first kappa shape index (κ1) is 12.6. The molecule has 2 fully saturated rings. The predicted molar refractivity (Wildman–Crippen MR) is 69.0 cm³/mol. The van der Waals surface area contributed by atoms with E-state index in [9.17, 15) is 15.0 Å². The fourth-order valence-electron chi connectivity index (χ4n) is 3.83. The van der Waals surface area contributed by atoms with Gasteiger partial charge in [-0.1, -0.05) is 30.4 Å². The number of aliphatic hydroxyl groups is 2. The molecule has 0 amide bonds. The van der Waals surface area contributed by atoms with Gasteiger partial charge < -0.3 is 14.9 Å². The molecule has 0 spiro atoms. The molecule has 2 aliphatic carbocycles. The Morgan fingerprint density at radius 1 is 1.26 bits per heavy atom. The lowest BCUT2D eigenvalue weighted by Crippen LogP contribution is -2.35. The van der Waals surface area contributed by atoms with E-state index in [-0.39, 0.29) is 11.8 Å². The minimum Gasteiger partial charge on any atom is -0.458 e. The molecule has 102 valence electrons. The molecule has 0 aromatic heterocycles. The van der Waals surface area contributed by atoms with Gasteiger partial charge in [0, 0.05) is 17.4 Å². The van der Waals surface area contributed by atoms with E-state index in [1.54, 1.807) is 6.08 Å². The van der Waals surface area contributed by atoms with Crippen molar-refractivity contribution in [2.24, 2.45) is 17.8 Å². The fraction of sp³-hybridized carbons (Fsp3) is 0.533. The summed E-state index contributed by atoms with van der Waals surface area (Å²) < 4.78 is 5.42. The number of rotatable bonds is 0. The summed E-state index contributed by atoms with van der Waals surface area (Å²) in [6.45, 7) is 9.67. The summed E-state index contributed by atoms with van der Waals surface area (Å²) in [5.74, 6) is -1.11. The summed E-state index contributed by atoms with van der Waals surface area (Å²) in [5, 5.41) is 20.4. The second kappa shape index (κ2) is 4.05. The molecule has 1 aliphatic heterocycles. The highest BCUT2D eigenvalue weighted by atomic mass is 16.6. The number of carbonyl (C=O) groups excluding carboxylic acids is 1. The summed E-state index contributed by atoms with van der Waals surface area (Å²) in [6.07, 6.45) is 0.395. The highest BCUT2D eigenvalue weighted by Crippen LogP contribution is 2.50. The van der Waals surface area contributed by atoms with E-state index in [2.05, 4.69) is 13.2 Å². The third-order valence-corrected chi connectivity index (χ3v) is 4.69. The summed E-state index contributed by atoms with van der Waals surface area (Å²) in [7, 11) is 0. The second-order valence-corrected chi connectivity index (χ2v) is 5.80. The number of ether oxygens (including phenoxy) is 1. The van der Waals surface area contributed by atoms with Gasteiger partial charge in [0.05, 0.1) is 18.1 Å². The summed E-state index contributed by atoms with van der Waals surface area (Å²) >= 11 is 0. The standard InChI is InChI=1S/C15H18O4/c1-6-4-10(17)13-8(3)15(18)19-14(13)12-7(2)5-9(16)11(6)12/h5,9-14,16-17H,1,3-4H2,2H3/t9-,10+,11-,12+,13-,14-/m1/s1. The van der Waals surface area contributed by atoms with Gasteiger partial charge in [0.2, 0.25) is 0 Å². The SMILES string of the molecule is C=C1C[C@H](O)[C@H]2C(=C)C(=O)O[C@@H]2[C@H]2C(C)=C[C@@H](O)[C@@H]12. The molecule has 3 rings (SSSR count). The molecule has 3 aliphatic rings. The van der Waals surface area contributed by atoms with Gasteiger partial charge in [-0.2, -0.15) is 0 Å². The summed E-state index contributed by atoms with van der Waals surface area (Å²) in [4.78, 5) is 11.7. The van der Waals surface area contributed by atoms with Crippen LogP contribution in [0, 0.1) is 17.8 Å². The lowest BCUT2D eigenvalue weighted by atomic mass is 9.79. The van der Waals surface area contributed by atoms with Crippen molar-refractivity contribution in [1.29, 1.82) is 0 Å². The van der Waals surface area contributed by atoms with Crippen LogP contribution in [0.2, 0.25) is 0 Å². The third-order valence-electron chi connectivity index (χ3n) is 4.69. The Hall–Kier alpha value is -1.39. The number of hydrogen-bond acceptors (Lipinski definition) is 4. The predicted octanol–water partition coefficient (Wildman–Crippen LogP) is 0.958. The Morgan fingerprint density at radius 2 is 1.95 bits per heavy atom. The first-order valence-electron chi connectivity index (χ1n) is 6.53. The maximum atomic E-state index is 11.7. The quantitative estimate of drug-likeness (QED) is 0.387. The van der Waals surface area contributed by atoms with Gasteiger partial charge in [-0.25, -0.2) is 4.79 Å².